The zero-order valence-corrected chi connectivity index (χ0v) is 20.8. The molecule has 2 heterocycles. The first kappa shape index (κ1) is 23.5. The Bertz CT molecular complexity index is 1250. The molecule has 0 bridgehead atoms. The number of hydrogen-bond donors (Lipinski definition) is 1. The third kappa shape index (κ3) is 5.31. The fraction of sp³-hybridized carbons (Fsp3) is 0.318. The highest BCUT2D eigenvalue weighted by molar-refractivity contribution is 8.01. The lowest BCUT2D eigenvalue weighted by molar-refractivity contribution is -0.122. The predicted molar refractivity (Wildman–Crippen MR) is 131 cm³/mol. The van der Waals surface area contributed by atoms with Gasteiger partial charge in [0.15, 0.2) is 10.4 Å². The normalized spacial score (nSPS) is 15.8. The number of aryl methyl sites for hydroxylation is 1. The van der Waals surface area contributed by atoms with Crippen molar-refractivity contribution >= 4 is 49.8 Å². The zero-order chi connectivity index (χ0) is 23.6. The lowest BCUT2D eigenvalue weighted by Gasteiger charge is -2.34. The second-order valence-corrected chi connectivity index (χ2v) is 12.1. The molecule has 1 aliphatic heterocycles. The number of hydrogen-bond acceptors (Lipinski definition) is 8. The van der Waals surface area contributed by atoms with Crippen LogP contribution in [0.5, 0.6) is 5.75 Å². The molecule has 174 valence electrons. The lowest BCUT2D eigenvalue weighted by atomic mass is 10.1. The van der Waals surface area contributed by atoms with E-state index in [1.54, 1.807) is 42.1 Å². The standard InChI is InChI=1S/C22H24N4O4S3/c1-14(2)13-31-22-25-24-21(32-22)23-20(27)19-12-26(17-10-9-15(3)11-18(17)30-19)33(28,29)16-7-5-4-6-8-16/h4-11,14,19H,12-13H2,1-3H3,(H,23,24,27). The minimum absolute atomic E-state index is 0.147. The quantitative estimate of drug-likeness (QED) is 0.380. The Balaban J connectivity index is 1.58. The summed E-state index contributed by atoms with van der Waals surface area (Å²) < 4.78 is 34.7. The molecule has 1 atom stereocenters. The van der Waals surface area contributed by atoms with Gasteiger partial charge < -0.3 is 4.74 Å². The van der Waals surface area contributed by atoms with Crippen LogP contribution in [0.4, 0.5) is 10.8 Å². The number of rotatable bonds is 7. The molecule has 0 aliphatic carbocycles. The van der Waals surface area contributed by atoms with Crippen molar-refractivity contribution in [2.75, 3.05) is 21.9 Å². The van der Waals surface area contributed by atoms with Crippen LogP contribution in [-0.4, -0.2) is 42.9 Å². The Kier molecular flexibility index (Phi) is 6.91. The molecular formula is C22H24N4O4S3. The monoisotopic (exact) mass is 504 g/mol. The Labute approximate surface area is 201 Å². The van der Waals surface area contributed by atoms with Gasteiger partial charge in [-0.2, -0.15) is 0 Å². The maximum Gasteiger partial charge on any atom is 0.269 e. The van der Waals surface area contributed by atoms with E-state index in [2.05, 4.69) is 29.4 Å². The third-order valence-corrected chi connectivity index (χ3v) is 8.98. The number of benzene rings is 2. The van der Waals surface area contributed by atoms with Crippen LogP contribution in [0.3, 0.4) is 0 Å². The number of anilines is 2. The van der Waals surface area contributed by atoms with E-state index >= 15 is 0 Å². The van der Waals surface area contributed by atoms with Crippen LogP contribution in [0, 0.1) is 12.8 Å². The molecule has 2 aromatic carbocycles. The molecule has 1 aromatic heterocycles. The number of amides is 1. The summed E-state index contributed by atoms with van der Waals surface area (Å²) in [5.74, 6) is 1.27. The van der Waals surface area contributed by atoms with Gasteiger partial charge in [0.1, 0.15) is 5.75 Å². The number of aromatic nitrogens is 2. The van der Waals surface area contributed by atoms with Gasteiger partial charge in [0, 0.05) is 5.75 Å². The molecule has 33 heavy (non-hydrogen) atoms. The highest BCUT2D eigenvalue weighted by Gasteiger charge is 2.38. The summed E-state index contributed by atoms with van der Waals surface area (Å²) >= 11 is 2.86. The van der Waals surface area contributed by atoms with E-state index in [-0.39, 0.29) is 11.4 Å². The number of fused-ring (bicyclic) bond motifs is 1. The van der Waals surface area contributed by atoms with Crippen molar-refractivity contribution in [3.8, 4) is 5.75 Å². The fourth-order valence-corrected chi connectivity index (χ4v) is 6.42. The summed E-state index contributed by atoms with van der Waals surface area (Å²) in [5, 5.41) is 11.2. The summed E-state index contributed by atoms with van der Waals surface area (Å²) in [6, 6.07) is 13.4. The molecule has 0 spiro atoms. The van der Waals surface area contributed by atoms with Gasteiger partial charge in [-0.3, -0.25) is 14.4 Å². The van der Waals surface area contributed by atoms with E-state index in [1.807, 2.05) is 13.0 Å². The van der Waals surface area contributed by atoms with Crippen LogP contribution in [0.15, 0.2) is 57.8 Å². The van der Waals surface area contributed by atoms with Crippen LogP contribution in [0.25, 0.3) is 0 Å². The highest BCUT2D eigenvalue weighted by Crippen LogP contribution is 2.38. The Morgan fingerprint density at radius 1 is 1.24 bits per heavy atom. The lowest BCUT2D eigenvalue weighted by Crippen LogP contribution is -2.48. The van der Waals surface area contributed by atoms with Gasteiger partial charge in [0.2, 0.25) is 5.13 Å². The molecule has 3 aromatic rings. The van der Waals surface area contributed by atoms with Crippen LogP contribution in [0.2, 0.25) is 0 Å². The summed E-state index contributed by atoms with van der Waals surface area (Å²) in [4.78, 5) is 13.2. The van der Waals surface area contributed by atoms with E-state index < -0.39 is 22.0 Å². The zero-order valence-electron chi connectivity index (χ0n) is 18.4. The van der Waals surface area contributed by atoms with Crippen molar-refractivity contribution in [1.82, 2.24) is 10.2 Å². The Morgan fingerprint density at radius 2 is 2.00 bits per heavy atom. The number of nitrogens with zero attached hydrogens (tertiary/aromatic N) is 3. The Morgan fingerprint density at radius 3 is 2.73 bits per heavy atom. The number of carbonyl (C=O) groups excluding carboxylic acids is 1. The van der Waals surface area contributed by atoms with Gasteiger partial charge >= 0.3 is 0 Å². The largest absolute Gasteiger partial charge is 0.476 e. The first-order valence-corrected chi connectivity index (χ1v) is 13.6. The van der Waals surface area contributed by atoms with E-state index in [0.29, 0.717) is 22.5 Å². The number of nitrogens with one attached hydrogen (secondary N) is 1. The maximum atomic E-state index is 13.4. The second kappa shape index (κ2) is 9.70. The maximum absolute atomic E-state index is 13.4. The number of carbonyl (C=O) groups is 1. The molecule has 4 rings (SSSR count). The van der Waals surface area contributed by atoms with E-state index in [0.717, 1.165) is 15.7 Å². The van der Waals surface area contributed by atoms with Crippen molar-refractivity contribution in [2.24, 2.45) is 5.92 Å². The molecule has 8 nitrogen and oxygen atoms in total. The SMILES string of the molecule is Cc1ccc2c(c1)OC(C(=O)Nc1nnc(SCC(C)C)s1)CN2S(=O)(=O)c1ccccc1. The molecule has 11 heteroatoms. The van der Waals surface area contributed by atoms with Crippen molar-refractivity contribution in [2.45, 2.75) is 36.1 Å². The minimum atomic E-state index is -3.89. The number of thioether (sulfide) groups is 1. The first-order chi connectivity index (χ1) is 15.7. The highest BCUT2D eigenvalue weighted by atomic mass is 32.2. The average Bonchev–Trinajstić information content (AvgIpc) is 3.24. The van der Waals surface area contributed by atoms with Crippen molar-refractivity contribution in [3.63, 3.8) is 0 Å². The summed E-state index contributed by atoms with van der Waals surface area (Å²) in [7, 11) is -3.89. The van der Waals surface area contributed by atoms with Crippen LogP contribution in [-0.2, 0) is 14.8 Å². The molecule has 0 fully saturated rings. The predicted octanol–water partition coefficient (Wildman–Crippen LogP) is 4.19. The van der Waals surface area contributed by atoms with Crippen molar-refractivity contribution < 1.29 is 17.9 Å². The average molecular weight is 505 g/mol. The molecule has 0 radical (unpaired) electrons. The van der Waals surface area contributed by atoms with Gasteiger partial charge in [0.25, 0.3) is 15.9 Å². The molecule has 0 saturated carbocycles. The van der Waals surface area contributed by atoms with E-state index in [9.17, 15) is 13.2 Å². The number of sulfonamides is 1. The molecule has 1 N–H and O–H groups in total. The molecule has 1 aliphatic rings. The molecule has 0 saturated heterocycles. The Hall–Kier alpha value is -2.63. The van der Waals surface area contributed by atoms with Gasteiger partial charge in [-0.25, -0.2) is 8.42 Å². The van der Waals surface area contributed by atoms with Crippen LogP contribution in [0.1, 0.15) is 19.4 Å². The summed E-state index contributed by atoms with van der Waals surface area (Å²) in [6.07, 6.45) is -1.05. The summed E-state index contributed by atoms with van der Waals surface area (Å²) in [5.41, 5.74) is 1.29. The van der Waals surface area contributed by atoms with Crippen LogP contribution < -0.4 is 14.4 Å². The second-order valence-electron chi connectivity index (χ2n) is 7.99. The summed E-state index contributed by atoms with van der Waals surface area (Å²) in [6.45, 7) is 5.95. The minimum Gasteiger partial charge on any atom is -0.476 e. The van der Waals surface area contributed by atoms with Crippen molar-refractivity contribution in [3.05, 3.63) is 54.1 Å². The topological polar surface area (TPSA) is 101 Å². The van der Waals surface area contributed by atoms with Gasteiger partial charge in [-0.05, 0) is 42.7 Å². The third-order valence-electron chi connectivity index (χ3n) is 4.79. The van der Waals surface area contributed by atoms with Crippen molar-refractivity contribution in [1.29, 1.82) is 0 Å². The molecule has 1 amide bonds. The smallest absolute Gasteiger partial charge is 0.269 e. The van der Waals surface area contributed by atoms with E-state index in [4.69, 9.17) is 4.74 Å². The van der Waals surface area contributed by atoms with Gasteiger partial charge in [-0.15, -0.1) is 10.2 Å². The van der Waals surface area contributed by atoms with Gasteiger partial charge in [-0.1, -0.05) is 61.2 Å². The van der Waals surface area contributed by atoms with E-state index in [1.165, 1.54) is 27.8 Å². The fourth-order valence-electron chi connectivity index (χ4n) is 3.19. The van der Waals surface area contributed by atoms with Gasteiger partial charge in [0.05, 0.1) is 17.1 Å². The van der Waals surface area contributed by atoms with Crippen LogP contribution >= 0.6 is 23.1 Å². The first-order valence-electron chi connectivity index (χ1n) is 10.4. The number of ether oxygens (including phenoxy) is 1. The molecular weight excluding hydrogens is 480 g/mol. The molecule has 1 unspecified atom stereocenters.